The van der Waals surface area contributed by atoms with Crippen LogP contribution in [0.3, 0.4) is 0 Å². The molecular weight excluding hydrogens is 487 g/mol. The number of ketones is 1. The van der Waals surface area contributed by atoms with E-state index in [1.165, 1.54) is 17.8 Å². The minimum Gasteiger partial charge on any atom is -0.494 e. The van der Waals surface area contributed by atoms with Crippen molar-refractivity contribution in [2.45, 2.75) is 69.8 Å². The molecule has 1 atom stereocenters. The molecule has 6 nitrogen and oxygen atoms in total. The Morgan fingerprint density at radius 3 is 2.68 bits per heavy atom. The molecule has 1 unspecified atom stereocenters. The highest BCUT2D eigenvalue weighted by Gasteiger charge is 2.41. The van der Waals surface area contributed by atoms with Gasteiger partial charge in [0, 0.05) is 23.4 Å². The zero-order valence-electron chi connectivity index (χ0n) is 21.6. The first kappa shape index (κ1) is 25.5. The monoisotopic (exact) mass is 520 g/mol. The first-order valence-electron chi connectivity index (χ1n) is 12.9. The van der Waals surface area contributed by atoms with Crippen molar-refractivity contribution < 1.29 is 13.9 Å². The van der Waals surface area contributed by atoms with Gasteiger partial charge in [-0.2, -0.15) is 4.98 Å². The summed E-state index contributed by atoms with van der Waals surface area (Å²) in [6.07, 6.45) is 4.58. The van der Waals surface area contributed by atoms with Gasteiger partial charge in [0.2, 0.25) is 11.1 Å². The van der Waals surface area contributed by atoms with Crippen LogP contribution in [-0.4, -0.2) is 27.2 Å². The molecule has 1 aromatic heterocycles. The van der Waals surface area contributed by atoms with E-state index in [-0.39, 0.29) is 23.1 Å². The topological polar surface area (TPSA) is 69.0 Å². The van der Waals surface area contributed by atoms with Crippen LogP contribution in [-0.2, 0) is 10.5 Å². The third-order valence-electron chi connectivity index (χ3n) is 6.84. The maximum atomic E-state index is 14.1. The number of nitrogens with one attached hydrogen (secondary N) is 1. The summed E-state index contributed by atoms with van der Waals surface area (Å²) >= 11 is 1.38. The SMILES string of the molecule is CCCCCOc1ccc(C2C3=C(CC(C)(C)CC3=O)Nc3nc(SCc4ccccc4F)nn32)cc1. The fraction of sp³-hybridized carbons (Fsp3) is 0.414. The Bertz CT molecular complexity index is 1320. The van der Waals surface area contributed by atoms with E-state index in [9.17, 15) is 9.18 Å². The van der Waals surface area contributed by atoms with E-state index >= 15 is 0 Å². The number of fused-ring (bicyclic) bond motifs is 1. The van der Waals surface area contributed by atoms with E-state index < -0.39 is 0 Å². The molecule has 0 saturated heterocycles. The van der Waals surface area contributed by atoms with Crippen LogP contribution < -0.4 is 10.1 Å². The fourth-order valence-electron chi connectivity index (χ4n) is 5.00. The highest BCUT2D eigenvalue weighted by atomic mass is 32.2. The first-order chi connectivity index (χ1) is 17.8. The van der Waals surface area contributed by atoms with E-state index in [0.717, 1.165) is 48.3 Å². The van der Waals surface area contributed by atoms with Crippen LogP contribution in [0.1, 0.15) is 70.0 Å². The lowest BCUT2D eigenvalue weighted by atomic mass is 9.73. The number of nitrogens with zero attached hydrogens (tertiary/aromatic N) is 3. The molecule has 5 rings (SSSR count). The lowest BCUT2D eigenvalue weighted by Gasteiger charge is -2.38. The minimum atomic E-state index is -0.376. The number of carbonyl (C=O) groups is 1. The van der Waals surface area contributed by atoms with Crippen LogP contribution in [0.25, 0.3) is 0 Å². The van der Waals surface area contributed by atoms with E-state index in [1.807, 2.05) is 30.3 Å². The number of Topliss-reactive ketones (excluding diaryl/α,β-unsaturated/α-hetero) is 1. The average molecular weight is 521 g/mol. The van der Waals surface area contributed by atoms with Gasteiger partial charge >= 0.3 is 0 Å². The molecule has 8 heteroatoms. The molecule has 2 aliphatic rings. The smallest absolute Gasteiger partial charge is 0.227 e. The van der Waals surface area contributed by atoms with Gasteiger partial charge in [-0.1, -0.05) is 75.7 Å². The molecule has 1 N–H and O–H groups in total. The number of unbranched alkanes of at least 4 members (excludes halogenated alkanes) is 2. The summed E-state index contributed by atoms with van der Waals surface area (Å²) in [5.74, 6) is 1.73. The number of thioether (sulfide) groups is 1. The van der Waals surface area contributed by atoms with Gasteiger partial charge in [-0.05, 0) is 47.6 Å². The largest absolute Gasteiger partial charge is 0.494 e. The van der Waals surface area contributed by atoms with Gasteiger partial charge in [0.15, 0.2) is 5.78 Å². The summed E-state index contributed by atoms with van der Waals surface area (Å²) in [7, 11) is 0. The summed E-state index contributed by atoms with van der Waals surface area (Å²) < 4.78 is 21.8. The van der Waals surface area contributed by atoms with Gasteiger partial charge in [-0.25, -0.2) is 9.07 Å². The minimum absolute atomic E-state index is 0.130. The summed E-state index contributed by atoms with van der Waals surface area (Å²) in [6.45, 7) is 7.10. The molecule has 0 spiro atoms. The van der Waals surface area contributed by atoms with Crippen molar-refractivity contribution in [3.8, 4) is 5.75 Å². The third-order valence-corrected chi connectivity index (χ3v) is 7.73. The Kier molecular flexibility index (Phi) is 7.38. The molecule has 0 saturated carbocycles. The van der Waals surface area contributed by atoms with Crippen LogP contribution in [0.15, 0.2) is 65.0 Å². The molecule has 2 heterocycles. The number of rotatable bonds is 9. The Hall–Kier alpha value is -3.13. The van der Waals surface area contributed by atoms with Crippen molar-refractivity contribution in [1.29, 1.82) is 0 Å². The van der Waals surface area contributed by atoms with Crippen molar-refractivity contribution in [2.24, 2.45) is 5.41 Å². The van der Waals surface area contributed by atoms with Gasteiger partial charge < -0.3 is 10.1 Å². The molecule has 3 aromatic rings. The van der Waals surface area contributed by atoms with Crippen molar-refractivity contribution in [3.63, 3.8) is 0 Å². The van der Waals surface area contributed by atoms with E-state index in [4.69, 9.17) is 14.8 Å². The number of hydrogen-bond donors (Lipinski definition) is 1. The first-order valence-corrected chi connectivity index (χ1v) is 13.9. The number of hydrogen-bond acceptors (Lipinski definition) is 6. The number of halogens is 1. The molecular formula is C29H33FN4O2S. The predicted octanol–water partition coefficient (Wildman–Crippen LogP) is 6.94. The van der Waals surface area contributed by atoms with Crippen molar-refractivity contribution in [1.82, 2.24) is 14.8 Å². The second-order valence-electron chi connectivity index (χ2n) is 10.5. The molecule has 0 amide bonds. The normalized spacial score (nSPS) is 18.3. The zero-order chi connectivity index (χ0) is 26.0. The van der Waals surface area contributed by atoms with Crippen LogP contribution >= 0.6 is 11.8 Å². The van der Waals surface area contributed by atoms with Crippen LogP contribution in [0.4, 0.5) is 10.3 Å². The molecule has 0 fully saturated rings. The van der Waals surface area contributed by atoms with Gasteiger partial charge in [0.1, 0.15) is 17.6 Å². The second kappa shape index (κ2) is 10.7. The molecule has 0 bridgehead atoms. The molecule has 2 aromatic carbocycles. The Balaban J connectivity index is 1.45. The predicted molar refractivity (Wildman–Crippen MR) is 144 cm³/mol. The van der Waals surface area contributed by atoms with Gasteiger partial charge in [-0.15, -0.1) is 5.10 Å². The summed E-state index contributed by atoms with van der Waals surface area (Å²) in [6, 6.07) is 14.3. The molecule has 37 heavy (non-hydrogen) atoms. The lowest BCUT2D eigenvalue weighted by Crippen LogP contribution is -2.36. The second-order valence-corrected chi connectivity index (χ2v) is 11.5. The highest BCUT2D eigenvalue weighted by molar-refractivity contribution is 7.98. The Labute approximate surface area is 221 Å². The van der Waals surface area contributed by atoms with Crippen molar-refractivity contribution in [2.75, 3.05) is 11.9 Å². The Morgan fingerprint density at radius 2 is 1.92 bits per heavy atom. The average Bonchev–Trinajstić information content (AvgIpc) is 3.27. The van der Waals surface area contributed by atoms with Crippen LogP contribution in [0.2, 0.25) is 0 Å². The number of benzene rings is 2. The fourth-order valence-corrected chi connectivity index (χ4v) is 5.82. The summed E-state index contributed by atoms with van der Waals surface area (Å²) in [5, 5.41) is 8.72. The number of allylic oxidation sites excluding steroid dienone is 2. The maximum Gasteiger partial charge on any atom is 0.227 e. The molecule has 0 radical (unpaired) electrons. The lowest BCUT2D eigenvalue weighted by molar-refractivity contribution is -0.118. The third kappa shape index (κ3) is 5.59. The summed E-state index contributed by atoms with van der Waals surface area (Å²) in [5.41, 5.74) is 3.10. The Morgan fingerprint density at radius 1 is 1.14 bits per heavy atom. The van der Waals surface area contributed by atoms with Gasteiger partial charge in [-0.3, -0.25) is 4.79 Å². The van der Waals surface area contributed by atoms with Crippen molar-refractivity contribution >= 4 is 23.5 Å². The zero-order valence-corrected chi connectivity index (χ0v) is 22.4. The molecule has 194 valence electrons. The molecule has 1 aliphatic carbocycles. The maximum absolute atomic E-state index is 14.1. The van der Waals surface area contributed by atoms with Crippen LogP contribution in [0, 0.1) is 11.2 Å². The molecule has 1 aliphatic heterocycles. The number of anilines is 1. The standard InChI is InChI=1S/C29H33FN4O2S/c1-4-5-8-15-36-21-13-11-19(12-14-21)26-25-23(16-29(2,3)17-24(25)35)31-27-32-28(33-34(26)27)37-18-20-9-6-7-10-22(20)30/h6-7,9-14,26H,4-5,8,15-18H2,1-3H3,(H,31,32,33). The quantitative estimate of drug-likeness (QED) is 0.244. The summed E-state index contributed by atoms with van der Waals surface area (Å²) in [4.78, 5) is 18.2. The van der Waals surface area contributed by atoms with Crippen molar-refractivity contribution in [3.05, 3.63) is 76.7 Å². The number of ether oxygens (including phenoxy) is 1. The van der Waals surface area contributed by atoms with Crippen LogP contribution in [0.5, 0.6) is 5.75 Å². The van der Waals surface area contributed by atoms with Gasteiger partial charge in [0.25, 0.3) is 0 Å². The van der Waals surface area contributed by atoms with E-state index in [0.29, 0.717) is 35.4 Å². The highest BCUT2D eigenvalue weighted by Crippen LogP contribution is 2.46. The number of carbonyl (C=O) groups excluding carboxylic acids is 1. The van der Waals surface area contributed by atoms with E-state index in [2.05, 4.69) is 26.1 Å². The van der Waals surface area contributed by atoms with E-state index in [1.54, 1.807) is 16.8 Å². The van der Waals surface area contributed by atoms with Gasteiger partial charge in [0.05, 0.1) is 6.61 Å². The number of aromatic nitrogens is 3.